The van der Waals surface area contributed by atoms with Crippen molar-refractivity contribution in [2.75, 3.05) is 20.2 Å². The number of amides is 1. The maximum absolute atomic E-state index is 12.8. The van der Waals surface area contributed by atoms with Crippen molar-refractivity contribution in [3.8, 4) is 5.75 Å². The number of halogens is 1. The van der Waals surface area contributed by atoms with Crippen molar-refractivity contribution in [2.24, 2.45) is 0 Å². The van der Waals surface area contributed by atoms with Crippen LogP contribution in [0.15, 0.2) is 66.1 Å². The largest absolute Gasteiger partial charge is 0.496 e. The lowest BCUT2D eigenvalue weighted by Gasteiger charge is -2.20. The number of benzene rings is 2. The lowest BCUT2D eigenvalue weighted by atomic mass is 10.2. The molecule has 27 heavy (non-hydrogen) atoms. The van der Waals surface area contributed by atoms with Crippen molar-refractivity contribution in [1.29, 1.82) is 0 Å². The summed E-state index contributed by atoms with van der Waals surface area (Å²) in [7, 11) is -2.31. The van der Waals surface area contributed by atoms with Gasteiger partial charge in [-0.2, -0.15) is 4.31 Å². The highest BCUT2D eigenvalue weighted by Gasteiger charge is 2.25. The number of rotatable bonds is 9. The molecule has 0 heterocycles. The normalized spacial score (nSPS) is 11.2. The van der Waals surface area contributed by atoms with E-state index in [2.05, 4.69) is 11.9 Å². The zero-order valence-corrected chi connectivity index (χ0v) is 16.5. The summed E-state index contributed by atoms with van der Waals surface area (Å²) < 4.78 is 31.9. The summed E-state index contributed by atoms with van der Waals surface area (Å²) in [6.45, 7) is 3.48. The number of ether oxygens (including phenoxy) is 1. The number of carbonyl (C=O) groups excluding carboxylic acids is 1. The van der Waals surface area contributed by atoms with Gasteiger partial charge in [-0.1, -0.05) is 35.9 Å². The molecule has 0 aliphatic heterocycles. The van der Waals surface area contributed by atoms with Crippen LogP contribution in [0, 0.1) is 0 Å². The highest BCUT2D eigenvalue weighted by Crippen LogP contribution is 2.19. The fraction of sp³-hybridized carbons (Fsp3) is 0.211. The van der Waals surface area contributed by atoms with Crippen LogP contribution in [0.2, 0.25) is 5.02 Å². The molecule has 0 saturated carbocycles. The quantitative estimate of drug-likeness (QED) is 0.647. The van der Waals surface area contributed by atoms with Crippen LogP contribution >= 0.6 is 11.6 Å². The Balaban J connectivity index is 2.09. The minimum Gasteiger partial charge on any atom is -0.496 e. The number of nitrogens with zero attached hydrogens (tertiary/aromatic N) is 1. The monoisotopic (exact) mass is 408 g/mol. The Labute approximate surface area is 164 Å². The van der Waals surface area contributed by atoms with E-state index in [1.165, 1.54) is 30.3 Å². The zero-order valence-electron chi connectivity index (χ0n) is 14.9. The number of hydrogen-bond acceptors (Lipinski definition) is 4. The van der Waals surface area contributed by atoms with Crippen molar-refractivity contribution in [3.63, 3.8) is 0 Å². The summed E-state index contributed by atoms with van der Waals surface area (Å²) in [5, 5.41) is 3.14. The first kappa shape index (κ1) is 21.0. The lowest BCUT2D eigenvalue weighted by molar-refractivity contribution is -0.121. The van der Waals surface area contributed by atoms with Crippen LogP contribution in [0.1, 0.15) is 5.56 Å². The maximum Gasteiger partial charge on any atom is 0.243 e. The highest BCUT2D eigenvalue weighted by molar-refractivity contribution is 7.89. The van der Waals surface area contributed by atoms with Crippen molar-refractivity contribution in [2.45, 2.75) is 11.4 Å². The van der Waals surface area contributed by atoms with Crippen LogP contribution in [0.5, 0.6) is 5.75 Å². The van der Waals surface area contributed by atoms with Crippen molar-refractivity contribution in [1.82, 2.24) is 9.62 Å². The third-order valence-electron chi connectivity index (χ3n) is 3.77. The summed E-state index contributed by atoms with van der Waals surface area (Å²) in [6.07, 6.45) is 1.43. The average Bonchev–Trinajstić information content (AvgIpc) is 2.66. The van der Waals surface area contributed by atoms with Gasteiger partial charge < -0.3 is 10.1 Å². The van der Waals surface area contributed by atoms with Gasteiger partial charge in [-0.15, -0.1) is 6.58 Å². The van der Waals surface area contributed by atoms with Gasteiger partial charge in [0, 0.05) is 23.7 Å². The molecule has 0 saturated heterocycles. The molecular formula is C19H21ClN2O4S. The van der Waals surface area contributed by atoms with E-state index in [1.54, 1.807) is 13.2 Å². The van der Waals surface area contributed by atoms with Crippen LogP contribution in [-0.4, -0.2) is 38.8 Å². The molecule has 2 rings (SSSR count). The molecule has 0 aromatic heterocycles. The van der Waals surface area contributed by atoms with Crippen LogP contribution < -0.4 is 10.1 Å². The molecule has 0 atom stereocenters. The van der Waals surface area contributed by atoms with Gasteiger partial charge in [0.2, 0.25) is 15.9 Å². The van der Waals surface area contributed by atoms with Gasteiger partial charge in [0.25, 0.3) is 0 Å². The van der Waals surface area contributed by atoms with Crippen molar-refractivity contribution in [3.05, 3.63) is 71.8 Å². The summed E-state index contributed by atoms with van der Waals surface area (Å²) in [4.78, 5) is 12.4. The Morgan fingerprint density at radius 2 is 1.89 bits per heavy atom. The van der Waals surface area contributed by atoms with Gasteiger partial charge in [0.05, 0.1) is 18.6 Å². The first-order valence-electron chi connectivity index (χ1n) is 8.13. The SMILES string of the molecule is C=CCN(CC(=O)NCc1ccccc1OC)S(=O)(=O)c1ccc(Cl)cc1. The molecule has 0 spiro atoms. The zero-order chi connectivity index (χ0) is 19.9. The summed E-state index contributed by atoms with van der Waals surface area (Å²) >= 11 is 5.81. The fourth-order valence-electron chi connectivity index (χ4n) is 2.41. The van der Waals surface area contributed by atoms with Crippen LogP contribution in [-0.2, 0) is 21.4 Å². The molecule has 0 unspecified atom stereocenters. The molecule has 0 fully saturated rings. The predicted octanol–water partition coefficient (Wildman–Crippen LogP) is 2.84. The number of hydrogen-bond donors (Lipinski definition) is 1. The first-order chi connectivity index (χ1) is 12.9. The molecular weight excluding hydrogens is 388 g/mol. The molecule has 6 nitrogen and oxygen atoms in total. The molecule has 0 radical (unpaired) electrons. The molecule has 2 aromatic carbocycles. The van der Waals surface area contributed by atoms with E-state index < -0.39 is 15.9 Å². The Bertz CT molecular complexity index is 898. The number of nitrogens with one attached hydrogen (secondary N) is 1. The Morgan fingerprint density at radius 3 is 2.52 bits per heavy atom. The molecule has 144 valence electrons. The molecule has 2 aromatic rings. The second-order valence-corrected chi connectivity index (χ2v) is 8.00. The molecule has 0 aliphatic rings. The highest BCUT2D eigenvalue weighted by atomic mass is 35.5. The van der Waals surface area contributed by atoms with E-state index in [4.69, 9.17) is 16.3 Å². The molecule has 1 amide bonds. The topological polar surface area (TPSA) is 75.7 Å². The van der Waals surface area contributed by atoms with Gasteiger partial charge in [-0.3, -0.25) is 4.79 Å². The van der Waals surface area contributed by atoms with E-state index in [9.17, 15) is 13.2 Å². The molecule has 0 bridgehead atoms. The van der Waals surface area contributed by atoms with Gasteiger partial charge >= 0.3 is 0 Å². The van der Waals surface area contributed by atoms with Crippen molar-refractivity contribution >= 4 is 27.5 Å². The third-order valence-corrected chi connectivity index (χ3v) is 5.85. The number of methoxy groups -OCH3 is 1. The Morgan fingerprint density at radius 1 is 1.22 bits per heavy atom. The molecule has 1 N–H and O–H groups in total. The fourth-order valence-corrected chi connectivity index (χ4v) is 3.90. The number of carbonyl (C=O) groups is 1. The summed E-state index contributed by atoms with van der Waals surface area (Å²) in [5.74, 6) is 0.217. The smallest absolute Gasteiger partial charge is 0.243 e. The van der Waals surface area contributed by atoms with E-state index >= 15 is 0 Å². The first-order valence-corrected chi connectivity index (χ1v) is 9.95. The number of sulfonamides is 1. The van der Waals surface area contributed by atoms with E-state index in [1.807, 2.05) is 18.2 Å². The minimum atomic E-state index is -3.85. The predicted molar refractivity (Wildman–Crippen MR) is 105 cm³/mol. The van der Waals surface area contributed by atoms with E-state index in [-0.39, 0.29) is 24.5 Å². The second-order valence-electron chi connectivity index (χ2n) is 5.63. The van der Waals surface area contributed by atoms with Crippen molar-refractivity contribution < 1.29 is 17.9 Å². The Hall–Kier alpha value is -2.35. The van der Waals surface area contributed by atoms with Crippen LogP contribution in [0.4, 0.5) is 0 Å². The average molecular weight is 409 g/mol. The van der Waals surface area contributed by atoms with Gasteiger partial charge in [0.15, 0.2) is 0 Å². The lowest BCUT2D eigenvalue weighted by Crippen LogP contribution is -2.40. The summed E-state index contributed by atoms with van der Waals surface area (Å²) in [6, 6.07) is 13.1. The van der Waals surface area contributed by atoms with E-state index in [0.717, 1.165) is 9.87 Å². The van der Waals surface area contributed by atoms with Gasteiger partial charge in [-0.05, 0) is 30.3 Å². The van der Waals surface area contributed by atoms with E-state index in [0.29, 0.717) is 10.8 Å². The second kappa shape index (κ2) is 9.55. The molecule has 0 aliphatic carbocycles. The van der Waals surface area contributed by atoms with Crippen LogP contribution in [0.3, 0.4) is 0 Å². The van der Waals surface area contributed by atoms with Gasteiger partial charge in [-0.25, -0.2) is 8.42 Å². The number of para-hydroxylation sites is 1. The third kappa shape index (κ3) is 5.56. The maximum atomic E-state index is 12.8. The molecule has 8 heteroatoms. The Kier molecular flexibility index (Phi) is 7.41. The summed E-state index contributed by atoms with van der Waals surface area (Å²) in [5.41, 5.74) is 0.796. The van der Waals surface area contributed by atoms with Crippen LogP contribution in [0.25, 0.3) is 0 Å². The standard InChI is InChI=1S/C19H21ClN2O4S/c1-3-12-22(27(24,25)17-10-8-16(20)9-11-17)14-19(23)21-13-15-6-4-5-7-18(15)26-2/h3-11H,1,12-14H2,2H3,(H,21,23). The minimum absolute atomic E-state index is 0.00698. The van der Waals surface area contributed by atoms with Gasteiger partial charge in [0.1, 0.15) is 5.75 Å².